The number of benzene rings is 1. The van der Waals surface area contributed by atoms with E-state index in [2.05, 4.69) is 27.1 Å². The van der Waals surface area contributed by atoms with Crippen molar-refractivity contribution in [1.82, 2.24) is 14.9 Å². The van der Waals surface area contributed by atoms with Crippen LogP contribution in [0.2, 0.25) is 0 Å². The van der Waals surface area contributed by atoms with E-state index in [0.717, 1.165) is 49.9 Å². The molecular weight excluding hydrogens is 368 g/mol. The highest BCUT2D eigenvalue weighted by Crippen LogP contribution is 2.24. The average molecular weight is 394 g/mol. The maximum absolute atomic E-state index is 12.8. The van der Waals surface area contributed by atoms with Gasteiger partial charge in [0.15, 0.2) is 0 Å². The number of piperidine rings is 1. The van der Waals surface area contributed by atoms with Crippen LogP contribution in [0.1, 0.15) is 53.8 Å². The first-order chi connectivity index (χ1) is 14.1. The Morgan fingerprint density at radius 3 is 2.97 bits per heavy atom. The molecule has 2 N–H and O–H groups in total. The Labute approximate surface area is 169 Å². The first kappa shape index (κ1) is 19.4. The lowest BCUT2D eigenvalue weighted by atomic mass is 9.95. The van der Waals surface area contributed by atoms with Crippen molar-refractivity contribution in [1.29, 1.82) is 0 Å². The molecule has 3 aromatic rings. The molecule has 29 heavy (non-hydrogen) atoms. The van der Waals surface area contributed by atoms with Gasteiger partial charge in [-0.2, -0.15) is 0 Å². The lowest BCUT2D eigenvalue weighted by Crippen LogP contribution is -2.30. The van der Waals surface area contributed by atoms with Gasteiger partial charge in [0, 0.05) is 24.7 Å². The molecule has 7 nitrogen and oxygen atoms in total. The van der Waals surface area contributed by atoms with Crippen LogP contribution in [-0.2, 0) is 6.54 Å². The van der Waals surface area contributed by atoms with Crippen molar-refractivity contribution >= 4 is 22.6 Å². The molecule has 0 saturated carbocycles. The zero-order valence-corrected chi connectivity index (χ0v) is 16.8. The predicted octanol–water partition coefficient (Wildman–Crippen LogP) is 3.43. The minimum atomic E-state index is -0.587. The van der Waals surface area contributed by atoms with Crippen molar-refractivity contribution in [2.45, 2.75) is 45.6 Å². The number of aryl methyl sites for hydroxylation is 2. The summed E-state index contributed by atoms with van der Waals surface area (Å²) in [4.78, 5) is 29.7. The number of carbonyl (C=O) groups is 1. The van der Waals surface area contributed by atoms with E-state index in [1.165, 1.54) is 0 Å². The van der Waals surface area contributed by atoms with Crippen LogP contribution in [0.3, 0.4) is 0 Å². The third-order valence-corrected chi connectivity index (χ3v) is 5.44. The molecule has 1 amide bonds. The Morgan fingerprint density at radius 1 is 1.38 bits per heavy atom. The summed E-state index contributed by atoms with van der Waals surface area (Å²) in [5, 5.41) is 6.13. The summed E-state index contributed by atoms with van der Waals surface area (Å²) >= 11 is 0. The second-order valence-corrected chi connectivity index (χ2v) is 7.63. The molecule has 0 radical (unpaired) electrons. The first-order valence-electron chi connectivity index (χ1n) is 10.2. The molecule has 7 heteroatoms. The Kier molecular flexibility index (Phi) is 5.49. The fourth-order valence-electron chi connectivity index (χ4n) is 3.96. The number of carbonyl (C=O) groups excluding carboxylic acids is 1. The molecule has 1 aliphatic heterocycles. The predicted molar refractivity (Wildman–Crippen MR) is 113 cm³/mol. The van der Waals surface area contributed by atoms with E-state index in [9.17, 15) is 9.59 Å². The second-order valence-electron chi connectivity index (χ2n) is 7.63. The van der Waals surface area contributed by atoms with E-state index in [0.29, 0.717) is 17.0 Å². The van der Waals surface area contributed by atoms with Gasteiger partial charge >= 0.3 is 5.63 Å². The van der Waals surface area contributed by atoms with Gasteiger partial charge in [0.05, 0.1) is 17.4 Å². The van der Waals surface area contributed by atoms with Crippen molar-refractivity contribution in [2.75, 3.05) is 18.4 Å². The number of nitrogens with zero attached hydrogens (tertiary/aromatic N) is 2. The number of amides is 1. The number of aromatic nitrogens is 2. The SMILES string of the molecule is CCCn1cnc2cc(NC(=O)c3c(C)cc(C4CCCNC4)oc3=O)ccc21. The number of anilines is 1. The smallest absolute Gasteiger partial charge is 0.349 e. The minimum Gasteiger partial charge on any atom is -0.427 e. The van der Waals surface area contributed by atoms with E-state index < -0.39 is 11.5 Å². The lowest BCUT2D eigenvalue weighted by molar-refractivity contribution is 0.102. The maximum Gasteiger partial charge on any atom is 0.349 e. The highest BCUT2D eigenvalue weighted by molar-refractivity contribution is 6.05. The molecule has 1 unspecified atom stereocenters. The average Bonchev–Trinajstić information content (AvgIpc) is 3.10. The van der Waals surface area contributed by atoms with Crippen LogP contribution in [0.15, 0.2) is 39.8 Å². The van der Waals surface area contributed by atoms with E-state index in [4.69, 9.17) is 4.42 Å². The number of imidazole rings is 1. The summed E-state index contributed by atoms with van der Waals surface area (Å²) in [6.07, 6.45) is 4.85. The molecule has 0 bridgehead atoms. The van der Waals surface area contributed by atoms with Crippen molar-refractivity contribution in [3.05, 3.63) is 57.9 Å². The number of hydrogen-bond acceptors (Lipinski definition) is 5. The van der Waals surface area contributed by atoms with Gasteiger partial charge in [0.25, 0.3) is 5.91 Å². The van der Waals surface area contributed by atoms with Crippen LogP contribution in [0.25, 0.3) is 11.0 Å². The molecule has 152 valence electrons. The van der Waals surface area contributed by atoms with Crippen LogP contribution < -0.4 is 16.3 Å². The largest absolute Gasteiger partial charge is 0.427 e. The topological polar surface area (TPSA) is 89.2 Å². The standard InChI is InChI=1S/C22H26N4O3/c1-3-9-26-13-24-17-11-16(6-7-18(17)26)25-21(27)20-14(2)10-19(29-22(20)28)15-5-4-8-23-12-15/h6-7,10-11,13,15,23H,3-5,8-9,12H2,1-2H3,(H,25,27). The van der Waals surface area contributed by atoms with Gasteiger partial charge in [0.2, 0.25) is 0 Å². The molecule has 0 aliphatic carbocycles. The minimum absolute atomic E-state index is 0.0501. The van der Waals surface area contributed by atoms with E-state index in [1.807, 2.05) is 24.3 Å². The quantitative estimate of drug-likeness (QED) is 0.692. The highest BCUT2D eigenvalue weighted by Gasteiger charge is 2.22. The molecule has 1 atom stereocenters. The molecule has 3 heterocycles. The number of hydrogen-bond donors (Lipinski definition) is 2. The highest BCUT2D eigenvalue weighted by atomic mass is 16.4. The van der Waals surface area contributed by atoms with Crippen LogP contribution in [0, 0.1) is 6.92 Å². The Balaban J connectivity index is 1.56. The Morgan fingerprint density at radius 2 is 2.24 bits per heavy atom. The zero-order chi connectivity index (χ0) is 20.4. The summed E-state index contributed by atoms with van der Waals surface area (Å²) < 4.78 is 7.60. The number of rotatable bonds is 5. The van der Waals surface area contributed by atoms with Gasteiger partial charge in [-0.05, 0) is 62.6 Å². The fraction of sp³-hybridized carbons (Fsp3) is 0.409. The van der Waals surface area contributed by atoms with Gasteiger partial charge in [-0.15, -0.1) is 0 Å². The number of fused-ring (bicyclic) bond motifs is 1. The van der Waals surface area contributed by atoms with Crippen molar-refractivity contribution in [3.63, 3.8) is 0 Å². The maximum atomic E-state index is 12.8. The normalized spacial score (nSPS) is 16.8. The van der Waals surface area contributed by atoms with Crippen LogP contribution in [-0.4, -0.2) is 28.5 Å². The van der Waals surface area contributed by atoms with Crippen LogP contribution in [0.5, 0.6) is 0 Å². The van der Waals surface area contributed by atoms with Gasteiger partial charge < -0.3 is 19.6 Å². The third-order valence-electron chi connectivity index (χ3n) is 5.44. The van der Waals surface area contributed by atoms with Crippen LogP contribution >= 0.6 is 0 Å². The summed E-state index contributed by atoms with van der Waals surface area (Å²) in [6, 6.07) is 7.40. The second kappa shape index (κ2) is 8.21. The summed E-state index contributed by atoms with van der Waals surface area (Å²) in [5.41, 5.74) is 2.52. The van der Waals surface area contributed by atoms with E-state index in [-0.39, 0.29) is 11.5 Å². The van der Waals surface area contributed by atoms with Crippen molar-refractivity contribution < 1.29 is 9.21 Å². The van der Waals surface area contributed by atoms with Gasteiger partial charge in [-0.1, -0.05) is 6.92 Å². The zero-order valence-electron chi connectivity index (χ0n) is 16.8. The van der Waals surface area contributed by atoms with E-state index >= 15 is 0 Å². The molecule has 1 aromatic carbocycles. The van der Waals surface area contributed by atoms with Crippen LogP contribution in [0.4, 0.5) is 5.69 Å². The molecule has 1 saturated heterocycles. The Bertz CT molecular complexity index is 1090. The summed E-state index contributed by atoms with van der Waals surface area (Å²) in [6.45, 7) is 6.57. The first-order valence-corrected chi connectivity index (χ1v) is 10.2. The third kappa shape index (κ3) is 3.96. The Hall–Kier alpha value is -2.93. The summed E-state index contributed by atoms with van der Waals surface area (Å²) in [5.74, 6) is 0.365. The van der Waals surface area contributed by atoms with Gasteiger partial charge in [0.1, 0.15) is 11.3 Å². The molecule has 4 rings (SSSR count). The summed E-state index contributed by atoms with van der Waals surface area (Å²) in [7, 11) is 0. The number of nitrogens with one attached hydrogen (secondary N) is 2. The van der Waals surface area contributed by atoms with Crippen molar-refractivity contribution in [3.8, 4) is 0 Å². The fourth-order valence-corrected chi connectivity index (χ4v) is 3.96. The molecule has 0 spiro atoms. The lowest BCUT2D eigenvalue weighted by Gasteiger charge is -2.22. The molecule has 2 aromatic heterocycles. The molecule has 1 fully saturated rings. The molecular formula is C22H26N4O3. The van der Waals surface area contributed by atoms with Gasteiger partial charge in [-0.3, -0.25) is 4.79 Å². The monoisotopic (exact) mass is 394 g/mol. The van der Waals surface area contributed by atoms with Gasteiger partial charge in [-0.25, -0.2) is 9.78 Å². The van der Waals surface area contributed by atoms with Crippen molar-refractivity contribution in [2.24, 2.45) is 0 Å². The van der Waals surface area contributed by atoms with E-state index in [1.54, 1.807) is 13.3 Å². The molecule has 1 aliphatic rings.